The Morgan fingerprint density at radius 2 is 2.14 bits per heavy atom. The van der Waals surface area contributed by atoms with Crippen LogP contribution in [-0.2, 0) is 21.2 Å². The second-order valence-electron chi connectivity index (χ2n) is 4.72. The molecular weight excluding hydrogens is 308 g/mol. The lowest BCUT2D eigenvalue weighted by atomic mass is 10.1. The standard InChI is InChI=1S/C14H16N2O3S2/c1-10(16-14(17)7-11-5-6-20-9-11)12-3-2-4-13(8-12)21(15,18)19/h2-6,8-10H,7H2,1H3,(H,16,17)(H2,15,18,19)/t10-/m0/s1. The number of nitrogens with two attached hydrogens (primary N) is 1. The molecule has 21 heavy (non-hydrogen) atoms. The van der Waals surface area contributed by atoms with E-state index in [1.807, 2.05) is 16.8 Å². The number of rotatable bonds is 5. The number of thiophene rings is 1. The summed E-state index contributed by atoms with van der Waals surface area (Å²) in [6.07, 6.45) is 0.308. The van der Waals surface area contributed by atoms with Gasteiger partial charge in [0.15, 0.2) is 0 Å². The van der Waals surface area contributed by atoms with Gasteiger partial charge in [-0.1, -0.05) is 12.1 Å². The fourth-order valence-electron chi connectivity index (χ4n) is 1.92. The van der Waals surface area contributed by atoms with Crippen LogP contribution in [-0.4, -0.2) is 14.3 Å². The van der Waals surface area contributed by atoms with Crippen molar-refractivity contribution in [1.82, 2.24) is 5.32 Å². The predicted molar refractivity (Wildman–Crippen MR) is 82.4 cm³/mol. The number of benzene rings is 1. The van der Waals surface area contributed by atoms with E-state index in [0.29, 0.717) is 12.0 Å². The van der Waals surface area contributed by atoms with E-state index in [1.54, 1.807) is 30.4 Å². The molecule has 0 bridgehead atoms. The summed E-state index contributed by atoms with van der Waals surface area (Å²) in [6, 6.07) is 7.87. The highest BCUT2D eigenvalue weighted by Gasteiger charge is 2.13. The highest BCUT2D eigenvalue weighted by atomic mass is 32.2. The third-order valence-electron chi connectivity index (χ3n) is 3.01. The smallest absolute Gasteiger partial charge is 0.238 e. The number of nitrogens with one attached hydrogen (secondary N) is 1. The Morgan fingerprint density at radius 3 is 2.76 bits per heavy atom. The Hall–Kier alpha value is -1.70. The van der Waals surface area contributed by atoms with E-state index in [2.05, 4.69) is 5.32 Å². The van der Waals surface area contributed by atoms with Crippen molar-refractivity contribution in [1.29, 1.82) is 0 Å². The lowest BCUT2D eigenvalue weighted by Crippen LogP contribution is -2.28. The Bertz CT molecular complexity index is 724. The molecule has 2 rings (SSSR count). The van der Waals surface area contributed by atoms with Gasteiger partial charge in [0.1, 0.15) is 0 Å². The highest BCUT2D eigenvalue weighted by Crippen LogP contribution is 2.17. The van der Waals surface area contributed by atoms with E-state index in [1.165, 1.54) is 12.1 Å². The summed E-state index contributed by atoms with van der Waals surface area (Å²) >= 11 is 1.54. The largest absolute Gasteiger partial charge is 0.349 e. The molecular formula is C14H16N2O3S2. The van der Waals surface area contributed by atoms with Crippen molar-refractivity contribution in [2.75, 3.05) is 0 Å². The minimum absolute atomic E-state index is 0.0407. The van der Waals surface area contributed by atoms with E-state index in [4.69, 9.17) is 5.14 Å². The number of primary sulfonamides is 1. The number of hydrogen-bond donors (Lipinski definition) is 2. The van der Waals surface area contributed by atoms with E-state index < -0.39 is 10.0 Å². The predicted octanol–water partition coefficient (Wildman–Crippen LogP) is 1.82. The molecule has 0 fully saturated rings. The summed E-state index contributed by atoms with van der Waals surface area (Å²) in [6.45, 7) is 1.80. The summed E-state index contributed by atoms with van der Waals surface area (Å²) < 4.78 is 22.7. The van der Waals surface area contributed by atoms with Crippen LogP contribution in [0.4, 0.5) is 0 Å². The summed E-state index contributed by atoms with van der Waals surface area (Å²) in [5.74, 6) is -0.109. The molecule has 1 heterocycles. The highest BCUT2D eigenvalue weighted by molar-refractivity contribution is 7.89. The Kier molecular flexibility index (Phi) is 4.76. The van der Waals surface area contributed by atoms with Crippen LogP contribution in [0.5, 0.6) is 0 Å². The number of carbonyl (C=O) groups is 1. The summed E-state index contributed by atoms with van der Waals surface area (Å²) in [4.78, 5) is 12.0. The monoisotopic (exact) mass is 324 g/mol. The molecule has 0 saturated carbocycles. The minimum Gasteiger partial charge on any atom is -0.349 e. The van der Waals surface area contributed by atoms with Crippen molar-refractivity contribution in [2.45, 2.75) is 24.3 Å². The first kappa shape index (κ1) is 15.7. The maximum Gasteiger partial charge on any atom is 0.238 e. The SMILES string of the molecule is C[C@H](NC(=O)Cc1ccsc1)c1cccc(S(N)(=O)=O)c1. The first-order valence-electron chi connectivity index (χ1n) is 6.29. The first-order chi connectivity index (χ1) is 9.86. The van der Waals surface area contributed by atoms with Crippen LogP contribution in [0.2, 0.25) is 0 Å². The van der Waals surface area contributed by atoms with Crippen molar-refractivity contribution >= 4 is 27.3 Å². The fourth-order valence-corrected chi connectivity index (χ4v) is 3.15. The third kappa shape index (κ3) is 4.38. The van der Waals surface area contributed by atoms with Gasteiger partial charge in [-0.2, -0.15) is 11.3 Å². The van der Waals surface area contributed by atoms with Gasteiger partial charge >= 0.3 is 0 Å². The second kappa shape index (κ2) is 6.38. The fraction of sp³-hybridized carbons (Fsp3) is 0.214. The van der Waals surface area contributed by atoms with Crippen molar-refractivity contribution in [3.8, 4) is 0 Å². The van der Waals surface area contributed by atoms with Gasteiger partial charge in [-0.3, -0.25) is 4.79 Å². The van der Waals surface area contributed by atoms with Crippen LogP contribution in [0.1, 0.15) is 24.1 Å². The molecule has 3 N–H and O–H groups in total. The summed E-state index contributed by atoms with van der Waals surface area (Å²) in [5.41, 5.74) is 1.66. The van der Waals surface area contributed by atoms with E-state index in [-0.39, 0.29) is 16.8 Å². The zero-order chi connectivity index (χ0) is 15.5. The molecule has 1 amide bonds. The third-order valence-corrected chi connectivity index (χ3v) is 4.65. The molecule has 0 aliphatic carbocycles. The van der Waals surface area contributed by atoms with E-state index in [0.717, 1.165) is 5.56 Å². The lowest BCUT2D eigenvalue weighted by Gasteiger charge is -2.15. The van der Waals surface area contributed by atoms with Gasteiger partial charge < -0.3 is 5.32 Å². The van der Waals surface area contributed by atoms with Crippen LogP contribution >= 0.6 is 11.3 Å². The van der Waals surface area contributed by atoms with Gasteiger partial charge in [-0.25, -0.2) is 13.6 Å². The van der Waals surface area contributed by atoms with Crippen molar-refractivity contribution < 1.29 is 13.2 Å². The maximum atomic E-state index is 11.9. The van der Waals surface area contributed by atoms with Crippen LogP contribution in [0.25, 0.3) is 0 Å². The number of carbonyl (C=O) groups excluding carboxylic acids is 1. The minimum atomic E-state index is -3.74. The molecule has 0 aliphatic rings. The van der Waals surface area contributed by atoms with Crippen molar-refractivity contribution in [2.24, 2.45) is 5.14 Å². The van der Waals surface area contributed by atoms with Crippen LogP contribution in [0.3, 0.4) is 0 Å². The van der Waals surface area contributed by atoms with E-state index in [9.17, 15) is 13.2 Å². The zero-order valence-corrected chi connectivity index (χ0v) is 13.1. The topological polar surface area (TPSA) is 89.3 Å². The Balaban J connectivity index is 2.06. The second-order valence-corrected chi connectivity index (χ2v) is 7.06. The van der Waals surface area contributed by atoms with Gasteiger partial charge in [0.2, 0.25) is 15.9 Å². The number of amides is 1. The molecule has 0 unspecified atom stereocenters. The molecule has 7 heteroatoms. The normalized spacial score (nSPS) is 12.9. The molecule has 1 atom stereocenters. The van der Waals surface area contributed by atoms with Crippen LogP contribution in [0.15, 0.2) is 46.0 Å². The molecule has 1 aromatic heterocycles. The molecule has 5 nitrogen and oxygen atoms in total. The Labute approximate surface area is 127 Å². The quantitative estimate of drug-likeness (QED) is 0.879. The van der Waals surface area contributed by atoms with Crippen molar-refractivity contribution in [3.05, 3.63) is 52.2 Å². The van der Waals surface area contributed by atoms with Crippen molar-refractivity contribution in [3.63, 3.8) is 0 Å². The van der Waals surface area contributed by atoms with Gasteiger partial charge in [0.05, 0.1) is 17.4 Å². The molecule has 112 valence electrons. The van der Waals surface area contributed by atoms with Crippen LogP contribution < -0.4 is 10.5 Å². The summed E-state index contributed by atoms with van der Waals surface area (Å²) in [7, 11) is -3.74. The number of sulfonamides is 1. The van der Waals surface area contributed by atoms with Gasteiger partial charge in [-0.05, 0) is 47.0 Å². The molecule has 0 spiro atoms. The Morgan fingerprint density at radius 1 is 1.38 bits per heavy atom. The average Bonchev–Trinajstić information content (AvgIpc) is 2.90. The molecule has 0 radical (unpaired) electrons. The summed E-state index contributed by atoms with van der Waals surface area (Å²) in [5, 5.41) is 11.8. The molecule has 0 aliphatic heterocycles. The first-order valence-corrected chi connectivity index (χ1v) is 8.78. The molecule has 0 saturated heterocycles. The van der Waals surface area contributed by atoms with Gasteiger partial charge in [0.25, 0.3) is 0 Å². The maximum absolute atomic E-state index is 11.9. The molecule has 2 aromatic rings. The van der Waals surface area contributed by atoms with Gasteiger partial charge in [-0.15, -0.1) is 0 Å². The molecule has 1 aromatic carbocycles. The lowest BCUT2D eigenvalue weighted by molar-refractivity contribution is -0.121. The van der Waals surface area contributed by atoms with Crippen LogP contribution in [0, 0.1) is 0 Å². The van der Waals surface area contributed by atoms with Gasteiger partial charge in [0, 0.05) is 0 Å². The van der Waals surface area contributed by atoms with E-state index >= 15 is 0 Å². The zero-order valence-electron chi connectivity index (χ0n) is 11.4. The average molecular weight is 324 g/mol. The number of hydrogen-bond acceptors (Lipinski definition) is 4.